The molecule has 1 aliphatic heterocycles. The minimum absolute atomic E-state index is 0.237. The molecular formula is C16H16N. The number of benzene rings is 2. The summed E-state index contributed by atoms with van der Waals surface area (Å²) < 4.78 is 0. The van der Waals surface area contributed by atoms with E-state index in [0.717, 1.165) is 13.0 Å². The van der Waals surface area contributed by atoms with Gasteiger partial charge in [0, 0.05) is 6.54 Å². The van der Waals surface area contributed by atoms with Gasteiger partial charge in [-0.2, -0.15) is 0 Å². The fourth-order valence-electron chi connectivity index (χ4n) is 2.47. The Labute approximate surface area is 102 Å². The average Bonchev–Trinajstić information content (AvgIpc) is 2.39. The second kappa shape index (κ2) is 4.34. The molecule has 0 aliphatic carbocycles. The molecule has 1 nitrogen and oxygen atoms in total. The number of hydrogen-bond acceptors (Lipinski definition) is 0. The van der Waals surface area contributed by atoms with Gasteiger partial charge in [-0.25, -0.2) is 5.32 Å². The summed E-state index contributed by atoms with van der Waals surface area (Å²) in [5.74, 6) is 0. The average molecular weight is 222 g/mol. The highest BCUT2D eigenvalue weighted by atomic mass is 14.9. The van der Waals surface area contributed by atoms with Gasteiger partial charge in [0.05, 0.1) is 6.04 Å². The second-order valence-electron chi connectivity index (χ2n) is 4.67. The van der Waals surface area contributed by atoms with Crippen molar-refractivity contribution < 1.29 is 0 Å². The van der Waals surface area contributed by atoms with Crippen molar-refractivity contribution in [3.63, 3.8) is 0 Å². The fraction of sp³-hybridized carbons (Fsp3) is 0.250. The van der Waals surface area contributed by atoms with Gasteiger partial charge >= 0.3 is 0 Å². The van der Waals surface area contributed by atoms with Gasteiger partial charge in [0.2, 0.25) is 0 Å². The summed E-state index contributed by atoms with van der Waals surface area (Å²) in [5.41, 5.74) is 5.44. The molecule has 85 valence electrons. The maximum absolute atomic E-state index is 4.77. The Morgan fingerprint density at radius 3 is 2.59 bits per heavy atom. The molecule has 0 amide bonds. The van der Waals surface area contributed by atoms with Crippen LogP contribution in [0.4, 0.5) is 0 Å². The largest absolute Gasteiger partial charge is 0.229 e. The Bertz CT molecular complexity index is 513. The summed E-state index contributed by atoms with van der Waals surface area (Å²) >= 11 is 0. The number of aryl methyl sites for hydroxylation is 1. The first-order valence-electron chi connectivity index (χ1n) is 6.15. The maximum Gasteiger partial charge on any atom is 0.0748 e. The molecule has 1 heteroatoms. The van der Waals surface area contributed by atoms with Gasteiger partial charge in [0.25, 0.3) is 0 Å². The summed E-state index contributed by atoms with van der Waals surface area (Å²) in [6.45, 7) is 3.06. The van der Waals surface area contributed by atoms with Crippen molar-refractivity contribution in [3.05, 3.63) is 70.8 Å². The van der Waals surface area contributed by atoms with E-state index in [1.165, 1.54) is 22.3 Å². The first-order valence-corrected chi connectivity index (χ1v) is 6.15. The van der Waals surface area contributed by atoms with Crippen molar-refractivity contribution in [2.75, 3.05) is 6.54 Å². The molecule has 0 saturated heterocycles. The number of hydrogen-bond donors (Lipinski definition) is 0. The molecule has 0 aromatic heterocycles. The third-order valence-corrected chi connectivity index (χ3v) is 3.44. The van der Waals surface area contributed by atoms with Crippen LogP contribution in [-0.4, -0.2) is 6.54 Å². The summed E-state index contributed by atoms with van der Waals surface area (Å²) in [5, 5.41) is 4.77. The van der Waals surface area contributed by atoms with Crippen LogP contribution in [0.5, 0.6) is 0 Å². The van der Waals surface area contributed by atoms with Gasteiger partial charge in [-0.3, -0.25) is 0 Å². The molecular weight excluding hydrogens is 206 g/mol. The van der Waals surface area contributed by atoms with Gasteiger partial charge in [0.1, 0.15) is 0 Å². The number of nitrogens with zero attached hydrogens (tertiary/aromatic N) is 1. The fourth-order valence-corrected chi connectivity index (χ4v) is 2.47. The Kier molecular flexibility index (Phi) is 2.69. The Balaban J connectivity index is 2.03. The molecule has 1 atom stereocenters. The first kappa shape index (κ1) is 10.5. The standard InChI is InChI=1S/C16H16N/c1-12-6-8-14(9-7-12)16-15-5-3-2-4-13(15)10-11-17-16/h2-9,16H,10-11H2,1H3. The molecule has 0 bridgehead atoms. The van der Waals surface area contributed by atoms with E-state index < -0.39 is 0 Å². The maximum atomic E-state index is 4.77. The van der Waals surface area contributed by atoms with Crippen molar-refractivity contribution >= 4 is 0 Å². The topological polar surface area (TPSA) is 14.1 Å². The number of rotatable bonds is 1. The van der Waals surface area contributed by atoms with Crippen LogP contribution in [0.3, 0.4) is 0 Å². The lowest BCUT2D eigenvalue weighted by Gasteiger charge is -2.25. The molecule has 0 fully saturated rings. The van der Waals surface area contributed by atoms with Crippen LogP contribution in [0.2, 0.25) is 0 Å². The van der Waals surface area contributed by atoms with Gasteiger partial charge < -0.3 is 0 Å². The van der Waals surface area contributed by atoms with E-state index in [0.29, 0.717) is 0 Å². The highest BCUT2D eigenvalue weighted by Gasteiger charge is 2.21. The zero-order valence-electron chi connectivity index (χ0n) is 10.1. The molecule has 2 aromatic rings. The summed E-state index contributed by atoms with van der Waals surface area (Å²) in [6.07, 6.45) is 1.08. The Morgan fingerprint density at radius 1 is 1.00 bits per heavy atom. The van der Waals surface area contributed by atoms with Gasteiger partial charge in [-0.05, 0) is 30.0 Å². The van der Waals surface area contributed by atoms with E-state index in [1.807, 2.05) is 0 Å². The molecule has 1 aliphatic rings. The van der Waals surface area contributed by atoms with Crippen molar-refractivity contribution in [2.45, 2.75) is 19.4 Å². The van der Waals surface area contributed by atoms with E-state index in [1.54, 1.807) is 0 Å². The molecule has 0 N–H and O–H groups in total. The van der Waals surface area contributed by atoms with E-state index in [4.69, 9.17) is 5.32 Å². The zero-order valence-corrected chi connectivity index (χ0v) is 10.1. The van der Waals surface area contributed by atoms with Crippen LogP contribution >= 0.6 is 0 Å². The van der Waals surface area contributed by atoms with E-state index in [2.05, 4.69) is 55.5 Å². The van der Waals surface area contributed by atoms with Crippen LogP contribution in [-0.2, 0) is 6.42 Å². The third-order valence-electron chi connectivity index (χ3n) is 3.44. The van der Waals surface area contributed by atoms with Gasteiger partial charge in [-0.15, -0.1) is 0 Å². The minimum Gasteiger partial charge on any atom is -0.229 e. The van der Waals surface area contributed by atoms with Crippen LogP contribution in [0.25, 0.3) is 0 Å². The highest BCUT2D eigenvalue weighted by molar-refractivity contribution is 5.39. The quantitative estimate of drug-likeness (QED) is 0.703. The summed E-state index contributed by atoms with van der Waals surface area (Å²) in [7, 11) is 0. The molecule has 2 aromatic carbocycles. The normalized spacial score (nSPS) is 18.8. The predicted octanol–water partition coefficient (Wildman–Crippen LogP) is 3.24. The predicted molar refractivity (Wildman–Crippen MR) is 70.2 cm³/mol. The molecule has 1 unspecified atom stereocenters. The first-order chi connectivity index (χ1) is 8.34. The lowest BCUT2D eigenvalue weighted by atomic mass is 9.90. The third kappa shape index (κ3) is 1.98. The van der Waals surface area contributed by atoms with Crippen LogP contribution in [0.1, 0.15) is 28.3 Å². The monoisotopic (exact) mass is 222 g/mol. The zero-order chi connectivity index (χ0) is 11.7. The van der Waals surface area contributed by atoms with Crippen molar-refractivity contribution in [2.24, 2.45) is 0 Å². The van der Waals surface area contributed by atoms with Gasteiger partial charge in [0.15, 0.2) is 0 Å². The molecule has 1 heterocycles. The van der Waals surface area contributed by atoms with E-state index >= 15 is 0 Å². The second-order valence-corrected chi connectivity index (χ2v) is 4.67. The van der Waals surface area contributed by atoms with Crippen molar-refractivity contribution in [1.82, 2.24) is 5.32 Å². The van der Waals surface area contributed by atoms with Crippen LogP contribution in [0.15, 0.2) is 48.5 Å². The molecule has 17 heavy (non-hydrogen) atoms. The lowest BCUT2D eigenvalue weighted by Crippen LogP contribution is -2.24. The summed E-state index contributed by atoms with van der Waals surface area (Å²) in [4.78, 5) is 0. The highest BCUT2D eigenvalue weighted by Crippen LogP contribution is 2.29. The molecule has 0 saturated carbocycles. The molecule has 1 radical (unpaired) electrons. The lowest BCUT2D eigenvalue weighted by molar-refractivity contribution is 0.555. The van der Waals surface area contributed by atoms with Crippen molar-refractivity contribution in [1.29, 1.82) is 0 Å². The Hall–Kier alpha value is -1.60. The van der Waals surface area contributed by atoms with Crippen molar-refractivity contribution in [3.8, 4) is 0 Å². The number of fused-ring (bicyclic) bond motifs is 1. The van der Waals surface area contributed by atoms with Crippen LogP contribution in [0, 0.1) is 6.92 Å². The minimum atomic E-state index is 0.237. The van der Waals surface area contributed by atoms with E-state index in [9.17, 15) is 0 Å². The van der Waals surface area contributed by atoms with E-state index in [-0.39, 0.29) is 6.04 Å². The van der Waals surface area contributed by atoms with Gasteiger partial charge in [-0.1, -0.05) is 54.1 Å². The molecule has 0 spiro atoms. The smallest absolute Gasteiger partial charge is 0.0748 e. The Morgan fingerprint density at radius 2 is 1.76 bits per heavy atom. The molecule has 3 rings (SSSR count). The van der Waals surface area contributed by atoms with Crippen LogP contribution < -0.4 is 5.32 Å². The SMILES string of the molecule is Cc1ccc(C2[N]CCc3ccccc32)cc1. The summed E-state index contributed by atoms with van der Waals surface area (Å²) in [6, 6.07) is 17.6.